The van der Waals surface area contributed by atoms with Crippen LogP contribution in [0.1, 0.15) is 0 Å². The Labute approximate surface area is 75.9 Å². The Bertz CT molecular complexity index is 221. The van der Waals surface area contributed by atoms with E-state index in [0.717, 1.165) is 15.7 Å². The number of benzene rings is 1. The predicted octanol–water partition coefficient (Wildman–Crippen LogP) is 1.18. The van der Waals surface area contributed by atoms with E-state index in [-0.39, 0.29) is 0 Å². The molecule has 2 radical (unpaired) electrons. The highest BCUT2D eigenvalue weighted by Gasteiger charge is 1.91. The average molecular weight is 176 g/mol. The fourth-order valence-corrected chi connectivity index (χ4v) is 1.65. The Kier molecular flexibility index (Phi) is 4.42. The number of ether oxygens (including phenoxy) is 1. The van der Waals surface area contributed by atoms with Crippen molar-refractivity contribution in [1.29, 1.82) is 0 Å². The summed E-state index contributed by atoms with van der Waals surface area (Å²) in [5.41, 5.74) is 0. The van der Waals surface area contributed by atoms with Gasteiger partial charge in [-0.05, 0) is 0 Å². The standard InChI is InChI=1S/C10H12OSi/c1-2-8-11-9-12-10-6-4-3-5-7-10/h2-7H,1,8-9H2. The Morgan fingerprint density at radius 1 is 1.33 bits per heavy atom. The molecule has 0 heterocycles. The predicted molar refractivity (Wildman–Crippen MR) is 52.8 cm³/mol. The van der Waals surface area contributed by atoms with Gasteiger partial charge in [-0.2, -0.15) is 0 Å². The van der Waals surface area contributed by atoms with Crippen molar-refractivity contribution in [2.24, 2.45) is 0 Å². The Morgan fingerprint density at radius 2 is 2.08 bits per heavy atom. The van der Waals surface area contributed by atoms with Gasteiger partial charge < -0.3 is 4.74 Å². The van der Waals surface area contributed by atoms with Gasteiger partial charge in [-0.25, -0.2) is 0 Å². The molecule has 1 nitrogen and oxygen atoms in total. The van der Waals surface area contributed by atoms with E-state index < -0.39 is 0 Å². The van der Waals surface area contributed by atoms with Crippen molar-refractivity contribution in [2.75, 3.05) is 12.8 Å². The first-order valence-corrected chi connectivity index (χ1v) is 5.12. The fourth-order valence-electron chi connectivity index (χ4n) is 0.833. The van der Waals surface area contributed by atoms with Gasteiger partial charge in [0.05, 0.1) is 6.61 Å². The van der Waals surface area contributed by atoms with Gasteiger partial charge in [0.2, 0.25) is 0 Å². The van der Waals surface area contributed by atoms with Crippen LogP contribution in [-0.2, 0) is 4.74 Å². The second-order valence-corrected chi connectivity index (χ2v) is 3.57. The lowest BCUT2D eigenvalue weighted by Gasteiger charge is -1.99. The van der Waals surface area contributed by atoms with Gasteiger partial charge in [0.15, 0.2) is 0 Å². The molecule has 2 heteroatoms. The van der Waals surface area contributed by atoms with Gasteiger partial charge in [0, 0.05) is 6.23 Å². The molecule has 0 saturated carbocycles. The van der Waals surface area contributed by atoms with Gasteiger partial charge >= 0.3 is 0 Å². The molecule has 62 valence electrons. The summed E-state index contributed by atoms with van der Waals surface area (Å²) in [4.78, 5) is 0. The van der Waals surface area contributed by atoms with Crippen molar-refractivity contribution in [3.8, 4) is 0 Å². The first-order valence-electron chi connectivity index (χ1n) is 3.91. The highest BCUT2D eigenvalue weighted by atomic mass is 28.2. The minimum Gasteiger partial charge on any atom is -0.381 e. The van der Waals surface area contributed by atoms with E-state index in [0.29, 0.717) is 6.61 Å². The maximum absolute atomic E-state index is 5.28. The van der Waals surface area contributed by atoms with Crippen LogP contribution in [0.3, 0.4) is 0 Å². The molecule has 0 N–H and O–H groups in total. The second kappa shape index (κ2) is 5.74. The first kappa shape index (κ1) is 9.23. The maximum Gasteiger partial charge on any atom is 0.114 e. The van der Waals surface area contributed by atoms with Gasteiger partial charge in [-0.15, -0.1) is 6.58 Å². The molecule has 1 rings (SSSR count). The van der Waals surface area contributed by atoms with E-state index in [4.69, 9.17) is 4.74 Å². The molecule has 0 fully saturated rings. The molecule has 0 spiro atoms. The van der Waals surface area contributed by atoms with Crippen LogP contribution in [0.25, 0.3) is 0 Å². The number of hydrogen-bond donors (Lipinski definition) is 0. The number of rotatable bonds is 5. The van der Waals surface area contributed by atoms with E-state index in [1.54, 1.807) is 6.08 Å². The zero-order valence-corrected chi connectivity index (χ0v) is 7.99. The van der Waals surface area contributed by atoms with Crippen molar-refractivity contribution in [3.63, 3.8) is 0 Å². The minimum atomic E-state index is 0.653. The summed E-state index contributed by atoms with van der Waals surface area (Å²) >= 11 is 0. The molecule has 0 aliphatic rings. The normalized spacial score (nSPS) is 9.67. The molecule has 0 unspecified atom stereocenters. The highest BCUT2D eigenvalue weighted by molar-refractivity contribution is 6.53. The molecule has 0 atom stereocenters. The quantitative estimate of drug-likeness (QED) is 0.372. The van der Waals surface area contributed by atoms with Crippen LogP contribution in [0.5, 0.6) is 0 Å². The molecule has 0 amide bonds. The zero-order chi connectivity index (χ0) is 8.65. The summed E-state index contributed by atoms with van der Waals surface area (Å²) in [5.74, 6) is 0. The topological polar surface area (TPSA) is 9.23 Å². The Balaban J connectivity index is 2.20. The summed E-state index contributed by atoms with van der Waals surface area (Å²) in [6.45, 7) is 4.24. The third kappa shape index (κ3) is 3.51. The molecule has 12 heavy (non-hydrogen) atoms. The first-order chi connectivity index (χ1) is 5.93. The summed E-state index contributed by atoms with van der Waals surface area (Å²) in [5, 5.41) is 1.35. The van der Waals surface area contributed by atoms with Gasteiger partial charge in [0.1, 0.15) is 9.52 Å². The van der Waals surface area contributed by atoms with Crippen LogP contribution in [0.4, 0.5) is 0 Å². The molecule has 0 aliphatic carbocycles. The lowest BCUT2D eigenvalue weighted by atomic mass is 10.4. The van der Waals surface area contributed by atoms with Crippen molar-refractivity contribution in [3.05, 3.63) is 43.0 Å². The summed E-state index contributed by atoms with van der Waals surface area (Å²) < 4.78 is 5.28. The summed E-state index contributed by atoms with van der Waals surface area (Å²) in [6, 6.07) is 10.4. The van der Waals surface area contributed by atoms with Crippen molar-refractivity contribution < 1.29 is 4.74 Å². The molecule has 0 saturated heterocycles. The molecule has 0 bridgehead atoms. The van der Waals surface area contributed by atoms with Crippen LogP contribution < -0.4 is 5.19 Å². The van der Waals surface area contributed by atoms with Gasteiger partial charge in [0.25, 0.3) is 0 Å². The summed E-state index contributed by atoms with van der Waals surface area (Å²) in [7, 11) is 0.744. The van der Waals surface area contributed by atoms with Gasteiger partial charge in [-0.1, -0.05) is 41.6 Å². The molecule has 1 aromatic carbocycles. The minimum absolute atomic E-state index is 0.653. The number of hydrogen-bond acceptors (Lipinski definition) is 1. The fraction of sp³-hybridized carbons (Fsp3) is 0.200. The van der Waals surface area contributed by atoms with Crippen molar-refractivity contribution in [1.82, 2.24) is 0 Å². The average Bonchev–Trinajstić information content (AvgIpc) is 2.14. The zero-order valence-electron chi connectivity index (χ0n) is 6.99. The second-order valence-electron chi connectivity index (χ2n) is 2.35. The molecule has 1 aromatic rings. The third-order valence-electron chi connectivity index (χ3n) is 1.39. The maximum atomic E-state index is 5.28. The van der Waals surface area contributed by atoms with Crippen LogP contribution in [0, 0.1) is 0 Å². The molecule has 0 aliphatic heterocycles. The molecular weight excluding hydrogens is 164 g/mol. The largest absolute Gasteiger partial charge is 0.381 e. The van der Waals surface area contributed by atoms with E-state index in [9.17, 15) is 0 Å². The van der Waals surface area contributed by atoms with Crippen LogP contribution >= 0.6 is 0 Å². The lowest BCUT2D eigenvalue weighted by Crippen LogP contribution is -2.19. The monoisotopic (exact) mass is 176 g/mol. The molecular formula is C10H12OSi. The van der Waals surface area contributed by atoms with E-state index in [1.807, 2.05) is 6.07 Å². The SMILES string of the molecule is C=CCOC[Si]c1ccccc1. The Morgan fingerprint density at radius 3 is 2.75 bits per heavy atom. The smallest absolute Gasteiger partial charge is 0.114 e. The van der Waals surface area contributed by atoms with E-state index in [2.05, 4.69) is 30.8 Å². The Hall–Kier alpha value is -0.863. The van der Waals surface area contributed by atoms with Gasteiger partial charge in [-0.3, -0.25) is 0 Å². The van der Waals surface area contributed by atoms with Crippen LogP contribution in [0.2, 0.25) is 0 Å². The van der Waals surface area contributed by atoms with E-state index >= 15 is 0 Å². The van der Waals surface area contributed by atoms with Crippen LogP contribution in [0.15, 0.2) is 43.0 Å². The highest BCUT2D eigenvalue weighted by Crippen LogP contribution is 1.81. The molecule has 0 aromatic heterocycles. The lowest BCUT2D eigenvalue weighted by molar-refractivity contribution is 0.211. The summed E-state index contributed by atoms with van der Waals surface area (Å²) in [6.07, 6.45) is 2.57. The van der Waals surface area contributed by atoms with Crippen molar-refractivity contribution >= 4 is 14.7 Å². The van der Waals surface area contributed by atoms with Crippen LogP contribution in [-0.4, -0.2) is 22.4 Å². The van der Waals surface area contributed by atoms with Crippen molar-refractivity contribution in [2.45, 2.75) is 0 Å². The van der Waals surface area contributed by atoms with E-state index in [1.165, 1.54) is 5.19 Å². The third-order valence-corrected chi connectivity index (χ3v) is 2.48.